The number of fused-ring (bicyclic) bond motifs is 1. The highest BCUT2D eigenvalue weighted by molar-refractivity contribution is 5.59. The number of methoxy groups -OCH3 is 1. The molecule has 7 heteroatoms. The van der Waals surface area contributed by atoms with E-state index in [1.807, 2.05) is 53.0 Å². The first-order chi connectivity index (χ1) is 15.8. The van der Waals surface area contributed by atoms with Gasteiger partial charge in [0.25, 0.3) is 0 Å². The molecule has 2 fully saturated rings. The van der Waals surface area contributed by atoms with E-state index in [-0.39, 0.29) is 6.04 Å². The number of ether oxygens (including phenoxy) is 1. The fourth-order valence-electron chi connectivity index (χ4n) is 4.86. The number of likely N-dealkylation sites (tertiary alicyclic amines) is 1. The molecule has 1 aliphatic carbocycles. The molecule has 2 atom stereocenters. The maximum Gasteiger partial charge on any atom is 0.185 e. The van der Waals surface area contributed by atoms with Crippen LogP contribution in [0.25, 0.3) is 17.0 Å². The van der Waals surface area contributed by atoms with Gasteiger partial charge in [0.15, 0.2) is 11.5 Å². The van der Waals surface area contributed by atoms with Crippen molar-refractivity contribution in [3.05, 3.63) is 72.3 Å². The van der Waals surface area contributed by atoms with E-state index in [1.165, 1.54) is 18.4 Å². The average molecular weight is 427 g/mol. The summed E-state index contributed by atoms with van der Waals surface area (Å²) >= 11 is 0. The van der Waals surface area contributed by atoms with E-state index in [1.54, 1.807) is 7.11 Å². The molecule has 7 nitrogen and oxygen atoms in total. The molecule has 2 aromatic heterocycles. The van der Waals surface area contributed by atoms with E-state index in [9.17, 15) is 0 Å². The Morgan fingerprint density at radius 1 is 0.938 bits per heavy atom. The summed E-state index contributed by atoms with van der Waals surface area (Å²) in [5.74, 6) is 2.49. The van der Waals surface area contributed by atoms with Crippen molar-refractivity contribution in [2.24, 2.45) is 0 Å². The summed E-state index contributed by atoms with van der Waals surface area (Å²) in [5, 5.41) is 17.2. The summed E-state index contributed by atoms with van der Waals surface area (Å²) in [6.07, 6.45) is 3.66. The zero-order valence-corrected chi connectivity index (χ0v) is 18.1. The lowest BCUT2D eigenvalue weighted by Crippen LogP contribution is -2.33. The summed E-state index contributed by atoms with van der Waals surface area (Å²) in [4.78, 5) is 2.65. The topological polar surface area (TPSA) is 67.6 Å². The SMILES string of the molecule is COc1cccc(C2C(Nc3ccc4nnc(-c5ccccc5)n4n3)CCN2C2CC2)c1. The van der Waals surface area contributed by atoms with Crippen LogP contribution in [0.5, 0.6) is 5.75 Å². The van der Waals surface area contributed by atoms with Crippen molar-refractivity contribution < 1.29 is 4.74 Å². The molecule has 0 radical (unpaired) electrons. The van der Waals surface area contributed by atoms with Gasteiger partial charge >= 0.3 is 0 Å². The van der Waals surface area contributed by atoms with Crippen LogP contribution in [0.2, 0.25) is 0 Å². The molecule has 3 heterocycles. The van der Waals surface area contributed by atoms with E-state index in [2.05, 4.69) is 38.6 Å². The van der Waals surface area contributed by atoms with Crippen LogP contribution in [0.1, 0.15) is 30.9 Å². The van der Waals surface area contributed by atoms with Gasteiger partial charge in [-0.1, -0.05) is 42.5 Å². The van der Waals surface area contributed by atoms with Crippen LogP contribution in [0, 0.1) is 0 Å². The Hall–Kier alpha value is -3.45. The highest BCUT2D eigenvalue weighted by Crippen LogP contribution is 2.42. The minimum atomic E-state index is 0.268. The summed E-state index contributed by atoms with van der Waals surface area (Å²) in [6.45, 7) is 1.09. The zero-order valence-electron chi connectivity index (χ0n) is 18.1. The van der Waals surface area contributed by atoms with E-state index in [4.69, 9.17) is 9.84 Å². The Morgan fingerprint density at radius 3 is 2.62 bits per heavy atom. The van der Waals surface area contributed by atoms with Crippen molar-refractivity contribution >= 4 is 11.5 Å². The van der Waals surface area contributed by atoms with Gasteiger partial charge in [-0.3, -0.25) is 4.90 Å². The Bertz CT molecular complexity index is 1240. The fourth-order valence-corrected chi connectivity index (χ4v) is 4.86. The molecule has 1 saturated carbocycles. The average Bonchev–Trinajstić information content (AvgIpc) is 3.47. The van der Waals surface area contributed by atoms with Crippen molar-refractivity contribution in [1.82, 2.24) is 24.7 Å². The van der Waals surface area contributed by atoms with Crippen LogP contribution >= 0.6 is 0 Å². The molecule has 0 bridgehead atoms. The summed E-state index contributed by atoms with van der Waals surface area (Å²) in [6, 6.07) is 23.8. The number of nitrogens with zero attached hydrogens (tertiary/aromatic N) is 5. The number of anilines is 1. The largest absolute Gasteiger partial charge is 0.497 e. The number of hydrogen-bond donors (Lipinski definition) is 1. The van der Waals surface area contributed by atoms with Crippen LogP contribution in [0.4, 0.5) is 5.82 Å². The summed E-state index contributed by atoms with van der Waals surface area (Å²) in [7, 11) is 1.73. The van der Waals surface area contributed by atoms with Crippen LogP contribution in [-0.4, -0.2) is 50.4 Å². The Balaban J connectivity index is 1.33. The number of aromatic nitrogens is 4. The molecule has 162 valence electrons. The second kappa shape index (κ2) is 7.91. The third kappa shape index (κ3) is 3.48. The lowest BCUT2D eigenvalue weighted by atomic mass is 9.99. The molecule has 0 spiro atoms. The Morgan fingerprint density at radius 2 is 1.81 bits per heavy atom. The second-order valence-corrected chi connectivity index (χ2v) is 8.61. The summed E-state index contributed by atoms with van der Waals surface area (Å²) in [5.41, 5.74) is 3.03. The normalized spacial score (nSPS) is 21.2. The van der Waals surface area contributed by atoms with Gasteiger partial charge in [0, 0.05) is 24.2 Å². The van der Waals surface area contributed by atoms with E-state index in [0.29, 0.717) is 12.1 Å². The van der Waals surface area contributed by atoms with Crippen LogP contribution in [-0.2, 0) is 0 Å². The lowest BCUT2D eigenvalue weighted by molar-refractivity contribution is 0.240. The van der Waals surface area contributed by atoms with Crippen molar-refractivity contribution in [3.8, 4) is 17.1 Å². The van der Waals surface area contributed by atoms with Gasteiger partial charge in [-0.25, -0.2) is 0 Å². The third-order valence-electron chi connectivity index (χ3n) is 6.52. The molecule has 1 aliphatic heterocycles. The number of rotatable bonds is 6. The van der Waals surface area contributed by atoms with Gasteiger partial charge in [0.2, 0.25) is 0 Å². The first-order valence-electron chi connectivity index (χ1n) is 11.2. The minimum absolute atomic E-state index is 0.268. The van der Waals surface area contributed by atoms with E-state index < -0.39 is 0 Å². The van der Waals surface area contributed by atoms with Gasteiger partial charge in [-0.05, 0) is 49.1 Å². The molecule has 1 N–H and O–H groups in total. The highest BCUT2D eigenvalue weighted by atomic mass is 16.5. The molecule has 0 amide bonds. The van der Waals surface area contributed by atoms with Gasteiger partial charge in [0.05, 0.1) is 13.2 Å². The zero-order chi connectivity index (χ0) is 21.5. The molecule has 6 rings (SSSR count). The molecular weight excluding hydrogens is 400 g/mol. The smallest absolute Gasteiger partial charge is 0.185 e. The van der Waals surface area contributed by atoms with Gasteiger partial charge < -0.3 is 10.1 Å². The third-order valence-corrected chi connectivity index (χ3v) is 6.52. The molecule has 4 aromatic rings. The molecule has 1 saturated heterocycles. The molecule has 2 unspecified atom stereocenters. The van der Waals surface area contributed by atoms with Crippen LogP contribution < -0.4 is 10.1 Å². The van der Waals surface area contributed by atoms with Crippen molar-refractivity contribution in [2.45, 2.75) is 37.4 Å². The standard InChI is InChI=1S/C25H26N6O/c1-32-20-9-5-8-18(16-20)24-21(14-15-30(24)19-10-11-19)26-22-12-13-23-27-28-25(31(23)29-22)17-6-3-2-4-7-17/h2-9,12-13,16,19,21,24H,10-11,14-15H2,1H3,(H,26,29). The Kier molecular flexibility index (Phi) is 4.76. The number of hydrogen-bond acceptors (Lipinski definition) is 6. The molecule has 2 aromatic carbocycles. The van der Waals surface area contributed by atoms with E-state index >= 15 is 0 Å². The predicted molar refractivity (Wildman–Crippen MR) is 124 cm³/mol. The predicted octanol–water partition coefficient (Wildman–Crippen LogP) is 4.19. The van der Waals surface area contributed by atoms with Gasteiger partial charge in [-0.2, -0.15) is 4.52 Å². The number of nitrogens with one attached hydrogen (secondary N) is 1. The Labute approximate surface area is 187 Å². The molecular formula is C25H26N6O. The maximum absolute atomic E-state index is 5.51. The first-order valence-corrected chi connectivity index (χ1v) is 11.2. The molecule has 2 aliphatic rings. The maximum atomic E-state index is 5.51. The minimum Gasteiger partial charge on any atom is -0.497 e. The van der Waals surface area contributed by atoms with Gasteiger partial charge in [0.1, 0.15) is 11.6 Å². The monoisotopic (exact) mass is 426 g/mol. The fraction of sp³-hybridized carbons (Fsp3) is 0.320. The second-order valence-electron chi connectivity index (χ2n) is 8.61. The first kappa shape index (κ1) is 19.3. The molecule has 32 heavy (non-hydrogen) atoms. The number of benzene rings is 2. The van der Waals surface area contributed by atoms with Crippen LogP contribution in [0.3, 0.4) is 0 Å². The van der Waals surface area contributed by atoms with E-state index in [0.717, 1.165) is 41.6 Å². The van der Waals surface area contributed by atoms with Gasteiger partial charge in [-0.15, -0.1) is 15.3 Å². The highest BCUT2D eigenvalue weighted by Gasteiger charge is 2.43. The van der Waals surface area contributed by atoms with Crippen molar-refractivity contribution in [3.63, 3.8) is 0 Å². The van der Waals surface area contributed by atoms with Crippen LogP contribution in [0.15, 0.2) is 66.7 Å². The lowest BCUT2D eigenvalue weighted by Gasteiger charge is -2.29. The summed E-state index contributed by atoms with van der Waals surface area (Å²) < 4.78 is 7.33. The van der Waals surface area contributed by atoms with Crippen molar-refractivity contribution in [1.29, 1.82) is 0 Å². The quantitative estimate of drug-likeness (QED) is 0.499. The van der Waals surface area contributed by atoms with Crippen molar-refractivity contribution in [2.75, 3.05) is 19.0 Å².